The zero-order valence-corrected chi connectivity index (χ0v) is 8.79. The second kappa shape index (κ2) is 5.07. The van der Waals surface area contributed by atoms with E-state index in [0.717, 1.165) is 19.6 Å². The van der Waals surface area contributed by atoms with Crippen molar-refractivity contribution in [1.82, 2.24) is 4.90 Å². The molecule has 1 aliphatic heterocycles. The highest BCUT2D eigenvalue weighted by molar-refractivity contribution is 5.22. The van der Waals surface area contributed by atoms with Crippen LogP contribution in [0.25, 0.3) is 0 Å². The summed E-state index contributed by atoms with van der Waals surface area (Å²) in [4.78, 5) is 2.35. The van der Waals surface area contributed by atoms with Gasteiger partial charge in [0.15, 0.2) is 0 Å². The Balaban J connectivity index is 2.52. The first-order chi connectivity index (χ1) is 6.27. The molecule has 0 bridgehead atoms. The summed E-state index contributed by atoms with van der Waals surface area (Å²) in [7, 11) is 1.75. The number of allylic oxidation sites excluding steroid dienone is 2. The third-order valence-electron chi connectivity index (χ3n) is 2.35. The van der Waals surface area contributed by atoms with Crippen LogP contribution in [0, 0.1) is 0 Å². The van der Waals surface area contributed by atoms with E-state index in [4.69, 9.17) is 4.74 Å². The number of ether oxygens (including phenoxy) is 1. The Morgan fingerprint density at radius 1 is 1.54 bits per heavy atom. The highest BCUT2D eigenvalue weighted by Crippen LogP contribution is 2.15. The van der Waals surface area contributed by atoms with Crippen molar-refractivity contribution < 1.29 is 4.74 Å². The van der Waals surface area contributed by atoms with Gasteiger partial charge in [0.25, 0.3) is 0 Å². The zero-order valence-electron chi connectivity index (χ0n) is 8.79. The van der Waals surface area contributed by atoms with Crippen molar-refractivity contribution in [3.8, 4) is 0 Å². The Morgan fingerprint density at radius 2 is 2.31 bits per heavy atom. The predicted octanol–water partition coefficient (Wildman–Crippen LogP) is 2.19. The summed E-state index contributed by atoms with van der Waals surface area (Å²) >= 11 is 0. The standard InChI is InChI=1S/C11H19NO/c1-4-11-6-5-10(2)9-12(11)7-8-13-3/h5-6,9,11H,4,7-8H2,1-3H3. The minimum Gasteiger partial charge on any atom is -0.383 e. The summed E-state index contributed by atoms with van der Waals surface area (Å²) in [5.41, 5.74) is 1.32. The van der Waals surface area contributed by atoms with Gasteiger partial charge in [0.1, 0.15) is 0 Å². The number of hydrogen-bond acceptors (Lipinski definition) is 2. The quantitative estimate of drug-likeness (QED) is 0.659. The van der Waals surface area contributed by atoms with Crippen LogP contribution in [0.4, 0.5) is 0 Å². The minimum absolute atomic E-state index is 0.554. The lowest BCUT2D eigenvalue weighted by molar-refractivity contribution is 0.157. The van der Waals surface area contributed by atoms with Gasteiger partial charge in [-0.25, -0.2) is 0 Å². The predicted molar refractivity (Wildman–Crippen MR) is 55.6 cm³/mol. The van der Waals surface area contributed by atoms with Gasteiger partial charge >= 0.3 is 0 Å². The van der Waals surface area contributed by atoms with Gasteiger partial charge < -0.3 is 9.64 Å². The van der Waals surface area contributed by atoms with Gasteiger partial charge in [-0.2, -0.15) is 0 Å². The van der Waals surface area contributed by atoms with E-state index >= 15 is 0 Å². The molecule has 1 unspecified atom stereocenters. The van der Waals surface area contributed by atoms with E-state index in [1.54, 1.807) is 7.11 Å². The van der Waals surface area contributed by atoms with Gasteiger partial charge in [-0.15, -0.1) is 0 Å². The van der Waals surface area contributed by atoms with Gasteiger partial charge in [-0.1, -0.05) is 19.1 Å². The van der Waals surface area contributed by atoms with Crippen molar-refractivity contribution in [2.24, 2.45) is 0 Å². The van der Waals surface area contributed by atoms with Crippen molar-refractivity contribution in [2.45, 2.75) is 26.3 Å². The van der Waals surface area contributed by atoms with Crippen LogP contribution in [0.15, 0.2) is 23.9 Å². The van der Waals surface area contributed by atoms with E-state index in [0.29, 0.717) is 6.04 Å². The van der Waals surface area contributed by atoms with Crippen LogP contribution in [0.2, 0.25) is 0 Å². The Bertz CT molecular complexity index is 208. The highest BCUT2D eigenvalue weighted by Gasteiger charge is 2.12. The first kappa shape index (κ1) is 10.3. The molecule has 13 heavy (non-hydrogen) atoms. The molecule has 0 radical (unpaired) electrons. The first-order valence-electron chi connectivity index (χ1n) is 4.89. The van der Waals surface area contributed by atoms with Gasteiger partial charge in [-0.05, 0) is 18.9 Å². The average molecular weight is 181 g/mol. The van der Waals surface area contributed by atoms with E-state index in [-0.39, 0.29) is 0 Å². The molecule has 74 valence electrons. The molecule has 1 atom stereocenters. The molecule has 1 aliphatic rings. The van der Waals surface area contributed by atoms with E-state index < -0.39 is 0 Å². The van der Waals surface area contributed by atoms with Crippen molar-refractivity contribution in [3.63, 3.8) is 0 Å². The van der Waals surface area contributed by atoms with Gasteiger partial charge in [-0.3, -0.25) is 0 Å². The van der Waals surface area contributed by atoms with Crippen LogP contribution < -0.4 is 0 Å². The molecule has 0 aromatic rings. The molecule has 2 heteroatoms. The van der Waals surface area contributed by atoms with E-state index in [1.165, 1.54) is 5.57 Å². The Hall–Kier alpha value is -0.760. The smallest absolute Gasteiger partial charge is 0.0637 e. The maximum Gasteiger partial charge on any atom is 0.0637 e. The van der Waals surface area contributed by atoms with Crippen LogP contribution in [-0.2, 0) is 4.74 Å². The van der Waals surface area contributed by atoms with Gasteiger partial charge in [0, 0.05) is 25.9 Å². The Kier molecular flexibility index (Phi) is 4.03. The van der Waals surface area contributed by atoms with Crippen LogP contribution in [0.3, 0.4) is 0 Å². The lowest BCUT2D eigenvalue weighted by Crippen LogP contribution is -2.33. The molecular weight excluding hydrogens is 162 g/mol. The molecule has 0 aliphatic carbocycles. The molecule has 0 amide bonds. The van der Waals surface area contributed by atoms with Crippen LogP contribution in [0.1, 0.15) is 20.3 Å². The van der Waals surface area contributed by atoms with Gasteiger partial charge in [0.2, 0.25) is 0 Å². The summed E-state index contributed by atoms with van der Waals surface area (Å²) < 4.78 is 5.08. The molecule has 0 N–H and O–H groups in total. The second-order valence-electron chi connectivity index (χ2n) is 3.44. The Morgan fingerprint density at radius 3 is 2.92 bits per heavy atom. The van der Waals surface area contributed by atoms with E-state index in [9.17, 15) is 0 Å². The molecule has 0 aromatic carbocycles. The van der Waals surface area contributed by atoms with Crippen LogP contribution in [-0.4, -0.2) is 31.2 Å². The zero-order chi connectivity index (χ0) is 9.68. The third-order valence-corrected chi connectivity index (χ3v) is 2.35. The van der Waals surface area contributed by atoms with Crippen LogP contribution in [0.5, 0.6) is 0 Å². The molecule has 1 rings (SSSR count). The minimum atomic E-state index is 0.554. The maximum atomic E-state index is 5.08. The maximum absolute atomic E-state index is 5.08. The third kappa shape index (κ3) is 2.88. The molecule has 0 aromatic heterocycles. The van der Waals surface area contributed by atoms with Crippen molar-refractivity contribution in [1.29, 1.82) is 0 Å². The normalized spacial score (nSPS) is 21.9. The summed E-state index contributed by atoms with van der Waals surface area (Å²) in [6, 6.07) is 0.554. The van der Waals surface area contributed by atoms with E-state index in [2.05, 4.69) is 37.1 Å². The SMILES string of the molecule is CCC1C=CC(C)=CN1CCOC. The fraction of sp³-hybridized carbons (Fsp3) is 0.636. The topological polar surface area (TPSA) is 12.5 Å². The molecule has 0 saturated carbocycles. The number of nitrogens with zero attached hydrogens (tertiary/aromatic N) is 1. The summed E-state index contributed by atoms with van der Waals surface area (Å²) in [6.45, 7) is 6.12. The molecule has 1 heterocycles. The molecule has 0 fully saturated rings. The summed E-state index contributed by atoms with van der Waals surface area (Å²) in [5, 5.41) is 0. The Labute approximate surface area is 80.9 Å². The fourth-order valence-corrected chi connectivity index (χ4v) is 1.57. The van der Waals surface area contributed by atoms with Crippen molar-refractivity contribution in [3.05, 3.63) is 23.9 Å². The lowest BCUT2D eigenvalue weighted by atomic mass is 10.1. The second-order valence-corrected chi connectivity index (χ2v) is 3.44. The monoisotopic (exact) mass is 181 g/mol. The summed E-state index contributed by atoms with van der Waals surface area (Å²) in [6.07, 6.45) is 7.83. The number of rotatable bonds is 4. The number of hydrogen-bond donors (Lipinski definition) is 0. The molecule has 0 spiro atoms. The molecule has 0 saturated heterocycles. The largest absolute Gasteiger partial charge is 0.383 e. The van der Waals surface area contributed by atoms with Crippen molar-refractivity contribution in [2.75, 3.05) is 20.3 Å². The highest BCUT2D eigenvalue weighted by atomic mass is 16.5. The first-order valence-corrected chi connectivity index (χ1v) is 4.89. The number of methoxy groups -OCH3 is 1. The van der Waals surface area contributed by atoms with Crippen molar-refractivity contribution >= 4 is 0 Å². The van der Waals surface area contributed by atoms with Crippen LogP contribution >= 0.6 is 0 Å². The van der Waals surface area contributed by atoms with E-state index in [1.807, 2.05) is 0 Å². The average Bonchev–Trinajstić information content (AvgIpc) is 2.15. The fourth-order valence-electron chi connectivity index (χ4n) is 1.57. The lowest BCUT2D eigenvalue weighted by Gasteiger charge is -2.30. The molecule has 2 nitrogen and oxygen atoms in total. The van der Waals surface area contributed by atoms with Gasteiger partial charge in [0.05, 0.1) is 6.61 Å². The summed E-state index contributed by atoms with van der Waals surface area (Å²) in [5.74, 6) is 0. The molecular formula is C11H19NO.